The first-order chi connectivity index (χ1) is 5.16. The minimum Gasteiger partial charge on any atom is -0.374 e. The van der Waals surface area contributed by atoms with E-state index in [-0.39, 0.29) is 0 Å². The first-order valence-corrected chi connectivity index (χ1v) is 5.23. The van der Waals surface area contributed by atoms with Gasteiger partial charge in [-0.05, 0) is 11.6 Å². The van der Waals surface area contributed by atoms with Gasteiger partial charge in [-0.15, -0.1) is 0 Å². The van der Waals surface area contributed by atoms with Gasteiger partial charge in [0.15, 0.2) is 0 Å². The molecular formula is C7H16O3Si. The molecule has 0 saturated carbocycles. The Morgan fingerprint density at radius 3 is 1.64 bits per heavy atom. The molecule has 0 unspecified atom stereocenters. The third-order valence-electron chi connectivity index (χ3n) is 1.67. The van der Waals surface area contributed by atoms with E-state index >= 15 is 0 Å². The van der Waals surface area contributed by atoms with Crippen molar-refractivity contribution in [1.82, 2.24) is 0 Å². The van der Waals surface area contributed by atoms with Crippen LogP contribution in [0.15, 0.2) is 11.8 Å². The molecule has 66 valence electrons. The van der Waals surface area contributed by atoms with Crippen LogP contribution in [0.2, 0.25) is 0 Å². The third-order valence-corrected chi connectivity index (χ3v) is 4.50. The summed E-state index contributed by atoms with van der Waals surface area (Å²) in [6.45, 7) is 5.85. The van der Waals surface area contributed by atoms with E-state index in [9.17, 15) is 0 Å². The van der Waals surface area contributed by atoms with Crippen LogP contribution in [0.3, 0.4) is 0 Å². The summed E-state index contributed by atoms with van der Waals surface area (Å²) in [4.78, 5) is 0. The third kappa shape index (κ3) is 2.13. The lowest BCUT2D eigenvalue weighted by atomic mass is 10.5. The maximum atomic E-state index is 5.18. The van der Waals surface area contributed by atoms with Crippen LogP contribution < -0.4 is 0 Å². The van der Waals surface area contributed by atoms with Crippen molar-refractivity contribution in [2.24, 2.45) is 0 Å². The van der Waals surface area contributed by atoms with E-state index < -0.39 is 8.80 Å². The fourth-order valence-corrected chi connectivity index (χ4v) is 2.70. The highest BCUT2D eigenvalue weighted by molar-refractivity contribution is 6.68. The molecule has 0 aliphatic rings. The van der Waals surface area contributed by atoms with Crippen LogP contribution in [0.1, 0.15) is 13.3 Å². The van der Waals surface area contributed by atoms with Gasteiger partial charge in [0.1, 0.15) is 0 Å². The molecule has 0 spiro atoms. The molecule has 11 heavy (non-hydrogen) atoms. The molecule has 0 aliphatic heterocycles. The van der Waals surface area contributed by atoms with Crippen LogP contribution in [0.25, 0.3) is 0 Å². The number of allylic oxidation sites excluding steroid dienone is 1. The van der Waals surface area contributed by atoms with Crippen molar-refractivity contribution >= 4 is 8.80 Å². The van der Waals surface area contributed by atoms with Gasteiger partial charge in [-0.3, -0.25) is 0 Å². The minimum atomic E-state index is -2.52. The number of rotatable bonds is 5. The molecule has 0 rings (SSSR count). The van der Waals surface area contributed by atoms with Gasteiger partial charge in [-0.25, -0.2) is 0 Å². The molecule has 0 heterocycles. The van der Waals surface area contributed by atoms with Gasteiger partial charge in [-0.2, -0.15) is 0 Å². The standard InChI is InChI=1S/C7H16O3Si/c1-6-7(2)11(8-3,9-4)10-5/h2,6H2,1,3-5H3. The van der Waals surface area contributed by atoms with Crippen LogP contribution >= 0.6 is 0 Å². The summed E-state index contributed by atoms with van der Waals surface area (Å²) < 4.78 is 15.6. The molecule has 0 N–H and O–H groups in total. The number of hydrogen-bond donors (Lipinski definition) is 0. The van der Waals surface area contributed by atoms with Crippen LogP contribution in [-0.4, -0.2) is 30.1 Å². The van der Waals surface area contributed by atoms with Gasteiger partial charge in [-0.1, -0.05) is 13.5 Å². The van der Waals surface area contributed by atoms with Crippen molar-refractivity contribution in [2.75, 3.05) is 21.3 Å². The molecule has 0 saturated heterocycles. The van der Waals surface area contributed by atoms with Crippen molar-refractivity contribution in [3.8, 4) is 0 Å². The second kappa shape index (κ2) is 4.66. The fraction of sp³-hybridized carbons (Fsp3) is 0.714. The normalized spacial score (nSPS) is 11.6. The zero-order chi connectivity index (χ0) is 8.91. The zero-order valence-electron chi connectivity index (χ0n) is 7.64. The summed E-state index contributed by atoms with van der Waals surface area (Å²) in [5.74, 6) is 0. The summed E-state index contributed by atoms with van der Waals surface area (Å²) in [5.41, 5.74) is 0. The van der Waals surface area contributed by atoms with Crippen molar-refractivity contribution in [3.63, 3.8) is 0 Å². The molecule has 0 bridgehead atoms. The van der Waals surface area contributed by atoms with Crippen LogP contribution in [-0.2, 0) is 13.3 Å². The summed E-state index contributed by atoms with van der Waals surface area (Å²) >= 11 is 0. The van der Waals surface area contributed by atoms with Gasteiger partial charge in [0.05, 0.1) is 0 Å². The van der Waals surface area contributed by atoms with Crippen molar-refractivity contribution in [1.29, 1.82) is 0 Å². The molecule has 3 nitrogen and oxygen atoms in total. The smallest absolute Gasteiger partial charge is 0.374 e. The monoisotopic (exact) mass is 176 g/mol. The predicted molar refractivity (Wildman–Crippen MR) is 46.2 cm³/mol. The summed E-state index contributed by atoms with van der Waals surface area (Å²) in [6.07, 6.45) is 0.821. The predicted octanol–water partition coefficient (Wildman–Crippen LogP) is 1.37. The summed E-state index contributed by atoms with van der Waals surface area (Å²) in [6, 6.07) is 0. The first kappa shape index (κ1) is 10.8. The highest BCUT2D eigenvalue weighted by atomic mass is 28.4. The van der Waals surface area contributed by atoms with Gasteiger partial charge in [0.25, 0.3) is 0 Å². The molecule has 0 fully saturated rings. The van der Waals surface area contributed by atoms with Crippen molar-refractivity contribution < 1.29 is 13.3 Å². The van der Waals surface area contributed by atoms with Crippen molar-refractivity contribution in [3.05, 3.63) is 11.8 Å². The topological polar surface area (TPSA) is 27.7 Å². The minimum absolute atomic E-state index is 0.821. The maximum Gasteiger partial charge on any atom is 0.531 e. The SMILES string of the molecule is C=C(CC)[Si](OC)(OC)OC. The Labute approximate surface area is 69.3 Å². The Balaban J connectivity index is 4.39. The average molecular weight is 176 g/mol. The molecule has 0 aromatic carbocycles. The van der Waals surface area contributed by atoms with Crippen LogP contribution in [0.5, 0.6) is 0 Å². The molecule has 0 aromatic rings. The van der Waals surface area contributed by atoms with E-state index in [2.05, 4.69) is 6.58 Å². The Bertz CT molecular complexity index is 123. The lowest BCUT2D eigenvalue weighted by Crippen LogP contribution is -2.44. The highest BCUT2D eigenvalue weighted by Gasteiger charge is 2.40. The second-order valence-corrected chi connectivity index (χ2v) is 5.17. The maximum absolute atomic E-state index is 5.18. The Hall–Kier alpha value is -0.163. The van der Waals surface area contributed by atoms with Crippen LogP contribution in [0.4, 0.5) is 0 Å². The average Bonchev–Trinajstić information content (AvgIpc) is 2.08. The largest absolute Gasteiger partial charge is 0.531 e. The number of hydrogen-bond acceptors (Lipinski definition) is 3. The van der Waals surface area contributed by atoms with E-state index in [0.717, 1.165) is 11.6 Å². The van der Waals surface area contributed by atoms with Gasteiger partial charge < -0.3 is 13.3 Å². The molecule has 0 radical (unpaired) electrons. The van der Waals surface area contributed by atoms with Crippen molar-refractivity contribution in [2.45, 2.75) is 13.3 Å². The van der Waals surface area contributed by atoms with Crippen LogP contribution in [0, 0.1) is 0 Å². The van der Waals surface area contributed by atoms with E-state index in [1.54, 1.807) is 21.3 Å². The Kier molecular flexibility index (Phi) is 4.59. The molecule has 0 atom stereocenters. The molecular weight excluding hydrogens is 160 g/mol. The van der Waals surface area contributed by atoms with E-state index in [1.807, 2.05) is 6.92 Å². The second-order valence-electron chi connectivity index (χ2n) is 2.13. The molecule has 0 aromatic heterocycles. The fourth-order valence-electron chi connectivity index (χ4n) is 0.900. The van der Waals surface area contributed by atoms with E-state index in [4.69, 9.17) is 13.3 Å². The molecule has 0 aliphatic carbocycles. The first-order valence-electron chi connectivity index (χ1n) is 3.50. The van der Waals surface area contributed by atoms with Gasteiger partial charge in [0, 0.05) is 21.3 Å². The summed E-state index contributed by atoms with van der Waals surface area (Å²) in [5, 5.41) is 0.907. The quantitative estimate of drug-likeness (QED) is 0.592. The van der Waals surface area contributed by atoms with E-state index in [0.29, 0.717) is 0 Å². The lowest BCUT2D eigenvalue weighted by Gasteiger charge is -2.25. The summed E-state index contributed by atoms with van der Waals surface area (Å²) in [7, 11) is 2.23. The van der Waals surface area contributed by atoms with Gasteiger partial charge >= 0.3 is 8.80 Å². The molecule has 0 amide bonds. The lowest BCUT2D eigenvalue weighted by molar-refractivity contribution is 0.133. The molecule has 4 heteroatoms. The Morgan fingerprint density at radius 2 is 1.55 bits per heavy atom. The van der Waals surface area contributed by atoms with Gasteiger partial charge in [0.2, 0.25) is 0 Å². The zero-order valence-corrected chi connectivity index (χ0v) is 8.64. The van der Waals surface area contributed by atoms with E-state index in [1.165, 1.54) is 0 Å². The Morgan fingerprint density at radius 1 is 1.18 bits per heavy atom. The highest BCUT2D eigenvalue weighted by Crippen LogP contribution is 2.17.